The Morgan fingerprint density at radius 2 is 2.00 bits per heavy atom. The van der Waals surface area contributed by atoms with Crippen LogP contribution in [-0.4, -0.2) is 23.0 Å². The molecule has 17 heavy (non-hydrogen) atoms. The Morgan fingerprint density at radius 3 is 2.59 bits per heavy atom. The number of rotatable bonds is 4. The van der Waals surface area contributed by atoms with Gasteiger partial charge < -0.3 is 0 Å². The van der Waals surface area contributed by atoms with E-state index in [9.17, 15) is 0 Å². The average Bonchev–Trinajstić information content (AvgIpc) is 2.40. The Morgan fingerprint density at radius 1 is 1.24 bits per heavy atom. The fourth-order valence-electron chi connectivity index (χ4n) is 2.87. The highest BCUT2D eigenvalue weighted by Crippen LogP contribution is 2.29. The topological polar surface area (TPSA) is 16.1 Å². The Kier molecular flexibility index (Phi) is 4.55. The molecule has 1 aliphatic rings. The van der Waals surface area contributed by atoms with Crippen LogP contribution in [0.4, 0.5) is 0 Å². The normalized spacial score (nSPS) is 25.1. The summed E-state index contributed by atoms with van der Waals surface area (Å²) in [5.41, 5.74) is 1.19. The molecule has 1 aromatic rings. The van der Waals surface area contributed by atoms with Gasteiger partial charge in [-0.25, -0.2) is 0 Å². The SMILES string of the molecule is CCC1CCC(N(C)Cc2ccccn2)CC1. The zero-order valence-electron chi connectivity index (χ0n) is 11.1. The molecule has 1 fully saturated rings. The van der Waals surface area contributed by atoms with Gasteiger partial charge in [0.05, 0.1) is 5.69 Å². The van der Waals surface area contributed by atoms with E-state index in [0.29, 0.717) is 0 Å². The molecule has 0 bridgehead atoms. The van der Waals surface area contributed by atoms with Crippen molar-refractivity contribution < 1.29 is 0 Å². The van der Waals surface area contributed by atoms with Gasteiger partial charge in [0.15, 0.2) is 0 Å². The van der Waals surface area contributed by atoms with Crippen LogP contribution in [0.25, 0.3) is 0 Å². The Balaban J connectivity index is 1.83. The van der Waals surface area contributed by atoms with Gasteiger partial charge in [-0.15, -0.1) is 0 Å². The summed E-state index contributed by atoms with van der Waals surface area (Å²) in [7, 11) is 2.24. The summed E-state index contributed by atoms with van der Waals surface area (Å²) in [4.78, 5) is 6.88. The summed E-state index contributed by atoms with van der Waals surface area (Å²) in [6.07, 6.45) is 8.79. The van der Waals surface area contributed by atoms with Gasteiger partial charge >= 0.3 is 0 Å². The number of pyridine rings is 1. The van der Waals surface area contributed by atoms with Crippen LogP contribution < -0.4 is 0 Å². The minimum absolute atomic E-state index is 0.764. The van der Waals surface area contributed by atoms with Gasteiger partial charge in [-0.1, -0.05) is 19.4 Å². The summed E-state index contributed by atoms with van der Waals surface area (Å²) in [5, 5.41) is 0. The highest BCUT2D eigenvalue weighted by molar-refractivity contribution is 5.03. The minimum Gasteiger partial charge on any atom is -0.298 e. The van der Waals surface area contributed by atoms with Crippen molar-refractivity contribution in [2.45, 2.75) is 51.6 Å². The first-order valence-electron chi connectivity index (χ1n) is 6.89. The summed E-state index contributed by atoms with van der Waals surface area (Å²) in [6, 6.07) is 6.94. The van der Waals surface area contributed by atoms with Crippen LogP contribution in [0.15, 0.2) is 24.4 Å². The zero-order chi connectivity index (χ0) is 12.1. The molecular formula is C15H24N2. The summed E-state index contributed by atoms with van der Waals surface area (Å²) in [5.74, 6) is 0.981. The highest BCUT2D eigenvalue weighted by Gasteiger charge is 2.22. The van der Waals surface area contributed by atoms with Crippen LogP contribution in [-0.2, 0) is 6.54 Å². The third-order valence-electron chi connectivity index (χ3n) is 4.15. The maximum atomic E-state index is 4.40. The minimum atomic E-state index is 0.764. The van der Waals surface area contributed by atoms with E-state index in [4.69, 9.17) is 0 Å². The van der Waals surface area contributed by atoms with Gasteiger partial charge in [-0.05, 0) is 50.8 Å². The molecule has 0 spiro atoms. The molecule has 2 rings (SSSR count). The van der Waals surface area contributed by atoms with Crippen LogP contribution in [0.5, 0.6) is 0 Å². The number of hydrogen-bond donors (Lipinski definition) is 0. The smallest absolute Gasteiger partial charge is 0.0543 e. The standard InChI is InChI=1S/C15H24N2/c1-3-13-7-9-15(10-8-13)17(2)12-14-6-4-5-11-16-14/h4-6,11,13,15H,3,7-10,12H2,1-2H3. The zero-order valence-corrected chi connectivity index (χ0v) is 11.1. The first-order valence-corrected chi connectivity index (χ1v) is 6.89. The summed E-state index contributed by atoms with van der Waals surface area (Å²) < 4.78 is 0. The fourth-order valence-corrected chi connectivity index (χ4v) is 2.87. The Bertz CT molecular complexity index is 315. The lowest BCUT2D eigenvalue weighted by atomic mass is 9.84. The van der Waals surface area contributed by atoms with Crippen molar-refractivity contribution in [3.05, 3.63) is 30.1 Å². The first kappa shape index (κ1) is 12.6. The van der Waals surface area contributed by atoms with Gasteiger partial charge in [0.1, 0.15) is 0 Å². The van der Waals surface area contributed by atoms with Gasteiger partial charge in [0.25, 0.3) is 0 Å². The van der Waals surface area contributed by atoms with Crippen LogP contribution in [0.2, 0.25) is 0 Å². The maximum absolute atomic E-state index is 4.40. The molecule has 0 aromatic carbocycles. The molecule has 0 radical (unpaired) electrons. The van der Waals surface area contributed by atoms with Crippen molar-refractivity contribution in [2.24, 2.45) is 5.92 Å². The third-order valence-corrected chi connectivity index (χ3v) is 4.15. The van der Waals surface area contributed by atoms with E-state index in [1.807, 2.05) is 12.3 Å². The first-order chi connectivity index (χ1) is 8.29. The molecule has 1 saturated carbocycles. The van der Waals surface area contributed by atoms with E-state index >= 15 is 0 Å². The molecule has 94 valence electrons. The van der Waals surface area contributed by atoms with E-state index in [1.54, 1.807) is 0 Å². The fraction of sp³-hybridized carbons (Fsp3) is 0.667. The van der Waals surface area contributed by atoms with E-state index < -0.39 is 0 Å². The van der Waals surface area contributed by atoms with Gasteiger partial charge in [0, 0.05) is 18.8 Å². The van der Waals surface area contributed by atoms with Crippen LogP contribution in [0.3, 0.4) is 0 Å². The van der Waals surface area contributed by atoms with E-state index in [1.165, 1.54) is 37.8 Å². The molecule has 1 heterocycles. The molecular weight excluding hydrogens is 208 g/mol. The predicted octanol–water partition coefficient (Wildman–Crippen LogP) is 3.48. The lowest BCUT2D eigenvalue weighted by Gasteiger charge is -2.34. The van der Waals surface area contributed by atoms with Gasteiger partial charge in [-0.2, -0.15) is 0 Å². The molecule has 1 aliphatic carbocycles. The van der Waals surface area contributed by atoms with Crippen molar-refractivity contribution in [1.82, 2.24) is 9.88 Å². The Hall–Kier alpha value is -0.890. The molecule has 1 aromatic heterocycles. The van der Waals surface area contributed by atoms with Crippen molar-refractivity contribution in [3.63, 3.8) is 0 Å². The monoisotopic (exact) mass is 232 g/mol. The molecule has 2 nitrogen and oxygen atoms in total. The second-order valence-electron chi connectivity index (χ2n) is 5.32. The van der Waals surface area contributed by atoms with E-state index in [0.717, 1.165) is 18.5 Å². The number of nitrogens with zero attached hydrogens (tertiary/aromatic N) is 2. The number of aromatic nitrogens is 1. The lowest BCUT2D eigenvalue weighted by Crippen LogP contribution is -2.34. The van der Waals surface area contributed by atoms with Gasteiger partial charge in [0.2, 0.25) is 0 Å². The van der Waals surface area contributed by atoms with Crippen LogP contribution in [0, 0.1) is 5.92 Å². The quantitative estimate of drug-likeness (QED) is 0.790. The van der Waals surface area contributed by atoms with Crippen molar-refractivity contribution in [3.8, 4) is 0 Å². The molecule has 0 unspecified atom stereocenters. The Labute approximate surface area is 105 Å². The maximum Gasteiger partial charge on any atom is 0.0543 e. The van der Waals surface area contributed by atoms with Crippen molar-refractivity contribution >= 4 is 0 Å². The third kappa shape index (κ3) is 3.53. The largest absolute Gasteiger partial charge is 0.298 e. The molecule has 0 amide bonds. The van der Waals surface area contributed by atoms with E-state index in [-0.39, 0.29) is 0 Å². The average molecular weight is 232 g/mol. The molecule has 0 atom stereocenters. The van der Waals surface area contributed by atoms with Crippen molar-refractivity contribution in [1.29, 1.82) is 0 Å². The molecule has 0 saturated heterocycles. The van der Waals surface area contributed by atoms with Crippen LogP contribution in [0.1, 0.15) is 44.7 Å². The summed E-state index contributed by atoms with van der Waals surface area (Å²) >= 11 is 0. The molecule has 2 heteroatoms. The van der Waals surface area contributed by atoms with E-state index in [2.05, 4.69) is 36.0 Å². The lowest BCUT2D eigenvalue weighted by molar-refractivity contribution is 0.156. The number of hydrogen-bond acceptors (Lipinski definition) is 2. The molecule has 0 N–H and O–H groups in total. The highest BCUT2D eigenvalue weighted by atomic mass is 15.1. The predicted molar refractivity (Wildman–Crippen MR) is 71.7 cm³/mol. The van der Waals surface area contributed by atoms with Gasteiger partial charge in [-0.3, -0.25) is 9.88 Å². The second-order valence-corrected chi connectivity index (χ2v) is 5.32. The second kappa shape index (κ2) is 6.15. The summed E-state index contributed by atoms with van der Waals surface area (Å²) in [6.45, 7) is 3.31. The van der Waals surface area contributed by atoms with Crippen LogP contribution >= 0.6 is 0 Å². The van der Waals surface area contributed by atoms with Crippen molar-refractivity contribution in [2.75, 3.05) is 7.05 Å². The molecule has 0 aliphatic heterocycles.